The van der Waals surface area contributed by atoms with Gasteiger partial charge in [0.15, 0.2) is 0 Å². The molecule has 10 heteroatoms. The highest BCUT2D eigenvalue weighted by Gasteiger charge is 2.71. The van der Waals surface area contributed by atoms with Crippen LogP contribution < -0.4 is 10.0 Å². The number of carbonyl (C=O) groups is 2. The summed E-state index contributed by atoms with van der Waals surface area (Å²) < 4.78 is 13.6. The van der Waals surface area contributed by atoms with Crippen molar-refractivity contribution in [2.45, 2.75) is 37.3 Å². The number of ether oxygens (including phenoxy) is 2. The van der Waals surface area contributed by atoms with Gasteiger partial charge in [-0.25, -0.2) is 0 Å². The molecule has 4 heterocycles. The van der Waals surface area contributed by atoms with E-state index >= 15 is 0 Å². The molecule has 2 amide bonds. The smallest absolute Gasteiger partial charge is 0.288 e. The molecule has 4 aromatic carbocycles. The molecule has 0 unspecified atom stereocenters. The van der Waals surface area contributed by atoms with Gasteiger partial charge in [0, 0.05) is 8.95 Å². The van der Waals surface area contributed by atoms with E-state index in [1.54, 1.807) is 0 Å². The van der Waals surface area contributed by atoms with Crippen LogP contribution in [0.25, 0.3) is 0 Å². The average Bonchev–Trinajstić information content (AvgIpc) is 3.94. The first-order valence-electron chi connectivity index (χ1n) is 14.0. The van der Waals surface area contributed by atoms with Gasteiger partial charge in [0.1, 0.15) is 12.2 Å². The summed E-state index contributed by atoms with van der Waals surface area (Å²) in [6, 6.07) is 34.5. The number of nitrogens with zero attached hydrogens (tertiary/aromatic N) is 4. The maximum atomic E-state index is 12.8. The summed E-state index contributed by atoms with van der Waals surface area (Å²) in [4.78, 5) is 25.7. The van der Waals surface area contributed by atoms with E-state index in [9.17, 15) is 9.59 Å². The van der Waals surface area contributed by atoms with Gasteiger partial charge in [0.2, 0.25) is 11.2 Å². The number of rotatable bonds is 4. The van der Waals surface area contributed by atoms with E-state index in [0.717, 1.165) is 31.4 Å². The Hall–Kier alpha value is -3.96. The highest BCUT2D eigenvalue weighted by atomic mass is 79.9. The largest absolute Gasteiger partial charge is 0.344 e. The van der Waals surface area contributed by atoms with Crippen molar-refractivity contribution < 1.29 is 19.1 Å². The first-order valence-corrected chi connectivity index (χ1v) is 15.6. The standard InChI is InChI=1S/2C17H13BrN2O2/c2*1-11-17(15(22-17)12-6-5-7-13(18)10-12)16(21)20(19-11)14-8-3-2-4-9-14/h2*2-10,15H,1H3/t2*15-,17-/m00/s1. The number of epoxide rings is 2. The number of hydrogen-bond acceptors (Lipinski definition) is 6. The van der Waals surface area contributed by atoms with Gasteiger partial charge in [0.25, 0.3) is 11.8 Å². The Kier molecular flexibility index (Phi) is 7.12. The van der Waals surface area contributed by atoms with E-state index in [0.29, 0.717) is 11.4 Å². The van der Waals surface area contributed by atoms with E-state index in [1.165, 1.54) is 10.0 Å². The molecule has 4 aliphatic rings. The van der Waals surface area contributed by atoms with Crippen LogP contribution >= 0.6 is 31.9 Å². The Morgan fingerprint density at radius 2 is 0.977 bits per heavy atom. The summed E-state index contributed by atoms with van der Waals surface area (Å²) >= 11 is 6.91. The molecule has 8 nitrogen and oxygen atoms in total. The van der Waals surface area contributed by atoms with Gasteiger partial charge in [-0.2, -0.15) is 20.2 Å². The molecule has 0 aliphatic carbocycles. The number of hydrogen-bond donors (Lipinski definition) is 0. The molecule has 4 aliphatic heterocycles. The van der Waals surface area contributed by atoms with Crippen LogP contribution in [0.2, 0.25) is 0 Å². The van der Waals surface area contributed by atoms with Crippen LogP contribution in [0.15, 0.2) is 128 Å². The lowest BCUT2D eigenvalue weighted by Crippen LogP contribution is -2.35. The minimum Gasteiger partial charge on any atom is -0.344 e. The van der Waals surface area contributed by atoms with Gasteiger partial charge in [-0.1, -0.05) is 92.5 Å². The molecule has 0 radical (unpaired) electrons. The Bertz CT molecular complexity index is 1720. The highest BCUT2D eigenvalue weighted by Crippen LogP contribution is 2.56. The second-order valence-corrected chi connectivity index (χ2v) is 12.7. The molecular weight excluding hydrogens is 688 g/mol. The molecule has 0 saturated carbocycles. The van der Waals surface area contributed by atoms with Crippen LogP contribution in [0.4, 0.5) is 11.4 Å². The predicted octanol–water partition coefficient (Wildman–Crippen LogP) is 7.36. The summed E-state index contributed by atoms with van der Waals surface area (Å²) in [7, 11) is 0. The minimum absolute atomic E-state index is 0.124. The maximum absolute atomic E-state index is 12.8. The number of benzene rings is 4. The van der Waals surface area contributed by atoms with Gasteiger partial charge < -0.3 is 9.47 Å². The molecule has 2 spiro atoms. The summed E-state index contributed by atoms with van der Waals surface area (Å²) in [5.74, 6) is -0.248. The quantitative estimate of drug-likeness (QED) is 0.207. The molecule has 2 saturated heterocycles. The van der Waals surface area contributed by atoms with E-state index in [2.05, 4.69) is 42.1 Å². The summed E-state index contributed by atoms with van der Waals surface area (Å²) in [5.41, 5.74) is 3.00. The van der Waals surface area contributed by atoms with E-state index in [4.69, 9.17) is 9.47 Å². The zero-order chi connectivity index (χ0) is 30.6. The number of amides is 2. The van der Waals surface area contributed by atoms with Crippen LogP contribution in [0, 0.1) is 0 Å². The fraction of sp³-hybridized carbons (Fsp3) is 0.176. The molecule has 0 aromatic heterocycles. The van der Waals surface area contributed by atoms with Crippen LogP contribution in [0.3, 0.4) is 0 Å². The Morgan fingerprint density at radius 1 is 0.591 bits per heavy atom. The lowest BCUT2D eigenvalue weighted by atomic mass is 9.95. The van der Waals surface area contributed by atoms with Crippen molar-refractivity contribution in [3.8, 4) is 0 Å². The number of anilines is 2. The first kappa shape index (κ1) is 28.8. The normalized spacial score (nSPS) is 26.5. The fourth-order valence-electron chi connectivity index (χ4n) is 5.78. The Morgan fingerprint density at radius 3 is 1.34 bits per heavy atom. The topological polar surface area (TPSA) is 90.4 Å². The van der Waals surface area contributed by atoms with Crippen LogP contribution in [0.5, 0.6) is 0 Å². The van der Waals surface area contributed by atoms with Gasteiger partial charge in [-0.05, 0) is 73.5 Å². The van der Waals surface area contributed by atoms with Gasteiger partial charge in [0.05, 0.1) is 22.8 Å². The molecule has 0 bridgehead atoms. The van der Waals surface area contributed by atoms with Gasteiger partial charge >= 0.3 is 0 Å². The second-order valence-electron chi connectivity index (χ2n) is 10.9. The van der Waals surface area contributed by atoms with Crippen LogP contribution in [-0.4, -0.2) is 34.4 Å². The van der Waals surface area contributed by atoms with Gasteiger partial charge in [-0.15, -0.1) is 0 Å². The first-order chi connectivity index (χ1) is 21.3. The maximum Gasteiger partial charge on any atom is 0.288 e. The zero-order valence-corrected chi connectivity index (χ0v) is 26.9. The summed E-state index contributed by atoms with van der Waals surface area (Å²) in [6.45, 7) is 3.69. The third-order valence-electron chi connectivity index (χ3n) is 8.13. The molecule has 4 aromatic rings. The predicted molar refractivity (Wildman–Crippen MR) is 175 cm³/mol. The molecule has 220 valence electrons. The number of carbonyl (C=O) groups excluding carboxylic acids is 2. The highest BCUT2D eigenvalue weighted by molar-refractivity contribution is 9.10. The third kappa shape index (κ3) is 4.64. The minimum atomic E-state index is -0.934. The third-order valence-corrected chi connectivity index (χ3v) is 9.12. The molecule has 4 atom stereocenters. The van der Waals surface area contributed by atoms with Crippen LogP contribution in [0.1, 0.15) is 37.2 Å². The Balaban J connectivity index is 0.000000142. The van der Waals surface area contributed by atoms with Crippen molar-refractivity contribution in [3.05, 3.63) is 129 Å². The Labute approximate surface area is 271 Å². The number of halogens is 2. The lowest BCUT2D eigenvalue weighted by molar-refractivity contribution is -0.121. The van der Waals surface area contributed by atoms with Gasteiger partial charge in [-0.3, -0.25) is 9.59 Å². The lowest BCUT2D eigenvalue weighted by Gasteiger charge is -2.12. The molecule has 44 heavy (non-hydrogen) atoms. The fourth-order valence-corrected chi connectivity index (χ4v) is 6.61. The SMILES string of the molecule is CC1=NN(c2ccccc2)C(=O)[C@]12O[C@H]2c1cccc(Br)c1.CC1=NN(c2ccccc2)C(=O)[C@]12O[C@H]2c1cccc(Br)c1. The summed E-state index contributed by atoms with van der Waals surface area (Å²) in [6.07, 6.45) is -0.537. The molecule has 8 rings (SSSR count). The zero-order valence-electron chi connectivity index (χ0n) is 23.7. The number of hydrazone groups is 2. The monoisotopic (exact) mass is 712 g/mol. The van der Waals surface area contributed by atoms with E-state index in [1.807, 2.05) is 123 Å². The average molecular weight is 714 g/mol. The van der Waals surface area contributed by atoms with Crippen molar-refractivity contribution in [3.63, 3.8) is 0 Å². The van der Waals surface area contributed by atoms with Crippen molar-refractivity contribution in [1.29, 1.82) is 0 Å². The van der Waals surface area contributed by atoms with Crippen molar-refractivity contribution in [2.75, 3.05) is 10.0 Å². The van der Waals surface area contributed by atoms with Crippen molar-refractivity contribution in [2.24, 2.45) is 10.2 Å². The van der Waals surface area contributed by atoms with E-state index < -0.39 is 11.2 Å². The van der Waals surface area contributed by atoms with Crippen molar-refractivity contribution in [1.82, 2.24) is 0 Å². The molecule has 0 N–H and O–H groups in total. The van der Waals surface area contributed by atoms with Crippen LogP contribution in [-0.2, 0) is 19.1 Å². The van der Waals surface area contributed by atoms with E-state index in [-0.39, 0.29) is 24.0 Å². The second kappa shape index (κ2) is 10.9. The summed E-state index contributed by atoms with van der Waals surface area (Å²) in [5, 5.41) is 11.7. The van der Waals surface area contributed by atoms with Crippen molar-refractivity contribution >= 4 is 66.5 Å². The number of para-hydroxylation sites is 2. The molecular formula is C34H26Br2N4O4. The molecule has 2 fully saturated rings.